The minimum atomic E-state index is -0.411. The van der Waals surface area contributed by atoms with Gasteiger partial charge in [-0.1, -0.05) is 36.8 Å². The second-order valence-corrected chi connectivity index (χ2v) is 6.09. The van der Waals surface area contributed by atoms with Crippen molar-refractivity contribution >= 4 is 18.4 Å². The fraction of sp³-hybridized carbons (Fsp3) is 0.588. The summed E-state index contributed by atoms with van der Waals surface area (Å²) in [6.07, 6.45) is 5.69. The van der Waals surface area contributed by atoms with Crippen LogP contribution < -0.4 is 0 Å². The highest BCUT2D eigenvalue weighted by atomic mass is 35.5. The zero-order valence-corrected chi connectivity index (χ0v) is 13.4. The molecule has 0 bridgehead atoms. The van der Waals surface area contributed by atoms with Crippen molar-refractivity contribution in [1.29, 1.82) is 0 Å². The summed E-state index contributed by atoms with van der Waals surface area (Å²) in [5, 5.41) is 0. The molecule has 0 spiro atoms. The molecule has 3 nitrogen and oxygen atoms in total. The minimum absolute atomic E-state index is 0. The van der Waals surface area contributed by atoms with E-state index >= 15 is 0 Å². The number of ether oxygens (including phenoxy) is 1. The van der Waals surface area contributed by atoms with Crippen LogP contribution in [-0.2, 0) is 15.1 Å². The van der Waals surface area contributed by atoms with Crippen LogP contribution in [0.1, 0.15) is 44.6 Å². The van der Waals surface area contributed by atoms with Gasteiger partial charge in [0.2, 0.25) is 0 Å². The minimum Gasteiger partial charge on any atom is -0.454 e. The van der Waals surface area contributed by atoms with E-state index in [0.717, 1.165) is 24.9 Å². The molecule has 0 aliphatic carbocycles. The van der Waals surface area contributed by atoms with Crippen molar-refractivity contribution in [2.45, 2.75) is 50.7 Å². The largest absolute Gasteiger partial charge is 0.454 e. The third kappa shape index (κ3) is 3.41. The average molecular weight is 310 g/mol. The summed E-state index contributed by atoms with van der Waals surface area (Å²) in [5.74, 6) is -0.168. The number of hydrogen-bond acceptors (Lipinski definition) is 3. The van der Waals surface area contributed by atoms with Crippen molar-refractivity contribution in [2.75, 3.05) is 13.1 Å². The van der Waals surface area contributed by atoms with Crippen molar-refractivity contribution in [2.24, 2.45) is 0 Å². The number of halogens is 1. The summed E-state index contributed by atoms with van der Waals surface area (Å²) < 4.78 is 5.85. The lowest BCUT2D eigenvalue weighted by Gasteiger charge is -2.48. The third-order valence-electron chi connectivity index (χ3n) is 4.76. The Bertz CT molecular complexity index is 479. The maximum Gasteiger partial charge on any atom is 0.303 e. The van der Waals surface area contributed by atoms with Crippen molar-refractivity contribution < 1.29 is 9.53 Å². The van der Waals surface area contributed by atoms with Crippen molar-refractivity contribution in [1.82, 2.24) is 4.90 Å². The van der Waals surface area contributed by atoms with Crippen LogP contribution in [0.5, 0.6) is 0 Å². The third-order valence-corrected chi connectivity index (χ3v) is 4.76. The van der Waals surface area contributed by atoms with Crippen LogP contribution in [0.4, 0.5) is 0 Å². The predicted octanol–water partition coefficient (Wildman–Crippen LogP) is 3.52. The maximum atomic E-state index is 11.6. The average Bonchev–Trinajstić information content (AvgIpc) is 2.47. The number of hydrogen-bond donors (Lipinski definition) is 0. The quantitative estimate of drug-likeness (QED) is 0.783. The van der Waals surface area contributed by atoms with Crippen LogP contribution in [0, 0.1) is 0 Å². The second kappa shape index (κ2) is 6.80. The number of benzene rings is 1. The molecule has 2 saturated heterocycles. The molecule has 4 heteroatoms. The normalized spacial score (nSPS) is 29.1. The van der Waals surface area contributed by atoms with Gasteiger partial charge < -0.3 is 9.64 Å². The Morgan fingerprint density at radius 3 is 2.71 bits per heavy atom. The van der Waals surface area contributed by atoms with Gasteiger partial charge in [-0.3, -0.25) is 4.79 Å². The van der Waals surface area contributed by atoms with Crippen LogP contribution in [-0.4, -0.2) is 30.0 Å². The Morgan fingerprint density at radius 2 is 2.00 bits per heavy atom. The molecule has 2 aliphatic heterocycles. The van der Waals surface area contributed by atoms with Gasteiger partial charge in [0, 0.05) is 32.4 Å². The smallest absolute Gasteiger partial charge is 0.303 e. The number of carbonyl (C=O) groups excluding carboxylic acids is 1. The maximum absolute atomic E-state index is 11.6. The molecule has 1 aromatic carbocycles. The van der Waals surface area contributed by atoms with E-state index in [4.69, 9.17) is 4.74 Å². The monoisotopic (exact) mass is 309 g/mol. The fourth-order valence-electron chi connectivity index (χ4n) is 3.82. The summed E-state index contributed by atoms with van der Waals surface area (Å²) in [4.78, 5) is 14.2. The molecule has 0 aromatic heterocycles. The van der Waals surface area contributed by atoms with Crippen LogP contribution in [0.15, 0.2) is 30.3 Å². The molecule has 1 aromatic rings. The van der Waals surface area contributed by atoms with Gasteiger partial charge in [-0.15, -0.1) is 12.4 Å². The SMILES string of the molecule is CC(=O)O[C@]1(c2ccccc2)CCN2CCCC[C@H]2C1.Cl. The Morgan fingerprint density at radius 1 is 1.24 bits per heavy atom. The number of rotatable bonds is 2. The highest BCUT2D eigenvalue weighted by Gasteiger charge is 2.44. The summed E-state index contributed by atoms with van der Waals surface area (Å²) in [6, 6.07) is 10.8. The van der Waals surface area contributed by atoms with Crippen molar-refractivity contribution in [3.63, 3.8) is 0 Å². The van der Waals surface area contributed by atoms with E-state index in [0.29, 0.717) is 6.04 Å². The molecule has 0 N–H and O–H groups in total. The number of esters is 1. The fourth-order valence-corrected chi connectivity index (χ4v) is 3.82. The molecule has 0 amide bonds. The van der Waals surface area contributed by atoms with E-state index in [-0.39, 0.29) is 18.4 Å². The Labute approximate surface area is 133 Å². The molecule has 0 saturated carbocycles. The van der Waals surface area contributed by atoms with Gasteiger partial charge in [-0.05, 0) is 24.9 Å². The van der Waals surface area contributed by atoms with Gasteiger partial charge >= 0.3 is 5.97 Å². The van der Waals surface area contributed by atoms with Crippen molar-refractivity contribution in [3.05, 3.63) is 35.9 Å². The molecule has 3 rings (SSSR count). The van der Waals surface area contributed by atoms with E-state index in [9.17, 15) is 4.79 Å². The number of carbonyl (C=O) groups is 1. The van der Waals surface area contributed by atoms with Crippen LogP contribution in [0.3, 0.4) is 0 Å². The first-order valence-corrected chi connectivity index (χ1v) is 7.69. The zero-order valence-electron chi connectivity index (χ0n) is 12.6. The van der Waals surface area contributed by atoms with E-state index in [1.165, 1.54) is 32.7 Å². The lowest BCUT2D eigenvalue weighted by atomic mass is 9.78. The topological polar surface area (TPSA) is 29.5 Å². The molecule has 2 aliphatic rings. The predicted molar refractivity (Wildman–Crippen MR) is 85.6 cm³/mol. The Balaban J connectivity index is 0.00000161. The van der Waals surface area contributed by atoms with Gasteiger partial charge in [0.15, 0.2) is 0 Å². The van der Waals surface area contributed by atoms with E-state index in [1.807, 2.05) is 18.2 Å². The first kappa shape index (κ1) is 16.3. The summed E-state index contributed by atoms with van der Waals surface area (Å²) in [5.41, 5.74) is 0.742. The van der Waals surface area contributed by atoms with Crippen LogP contribution in [0.25, 0.3) is 0 Å². The lowest BCUT2D eigenvalue weighted by molar-refractivity contribution is -0.168. The Hall–Kier alpha value is -1.06. The van der Waals surface area contributed by atoms with Gasteiger partial charge in [0.05, 0.1) is 0 Å². The number of piperidine rings is 2. The van der Waals surface area contributed by atoms with Gasteiger partial charge in [0.25, 0.3) is 0 Å². The molecule has 116 valence electrons. The van der Waals surface area contributed by atoms with Gasteiger partial charge in [-0.2, -0.15) is 0 Å². The first-order valence-electron chi connectivity index (χ1n) is 7.69. The summed E-state index contributed by atoms with van der Waals surface area (Å²) in [6.45, 7) is 3.76. The molecular weight excluding hydrogens is 286 g/mol. The molecule has 2 fully saturated rings. The summed E-state index contributed by atoms with van der Waals surface area (Å²) >= 11 is 0. The number of nitrogens with zero attached hydrogens (tertiary/aromatic N) is 1. The van der Waals surface area contributed by atoms with Gasteiger partial charge in [0.1, 0.15) is 5.60 Å². The zero-order chi connectivity index (χ0) is 14.0. The lowest BCUT2D eigenvalue weighted by Crippen LogP contribution is -2.52. The van der Waals surface area contributed by atoms with E-state index in [1.54, 1.807) is 0 Å². The molecule has 0 unspecified atom stereocenters. The van der Waals surface area contributed by atoms with E-state index < -0.39 is 5.60 Å². The second-order valence-electron chi connectivity index (χ2n) is 6.09. The molecule has 0 radical (unpaired) electrons. The van der Waals surface area contributed by atoms with Crippen LogP contribution >= 0.6 is 12.4 Å². The van der Waals surface area contributed by atoms with Gasteiger partial charge in [-0.25, -0.2) is 0 Å². The highest BCUT2D eigenvalue weighted by molar-refractivity contribution is 5.85. The van der Waals surface area contributed by atoms with Crippen LogP contribution in [0.2, 0.25) is 0 Å². The number of fused-ring (bicyclic) bond motifs is 1. The Kier molecular flexibility index (Phi) is 5.28. The first-order chi connectivity index (χ1) is 9.70. The standard InChI is InChI=1S/C17H23NO2.ClH/c1-14(19)20-17(15-7-3-2-4-8-15)10-12-18-11-6-5-9-16(18)13-17;/h2-4,7-8,16H,5-6,9-13H2,1H3;1H/t16-,17+;/m0./s1. The molecule has 21 heavy (non-hydrogen) atoms. The summed E-state index contributed by atoms with van der Waals surface area (Å²) in [7, 11) is 0. The molecular formula is C17H24ClNO2. The molecule has 2 atom stereocenters. The van der Waals surface area contributed by atoms with Crippen molar-refractivity contribution in [3.8, 4) is 0 Å². The highest BCUT2D eigenvalue weighted by Crippen LogP contribution is 2.41. The molecule has 2 heterocycles. The van der Waals surface area contributed by atoms with E-state index in [2.05, 4.69) is 17.0 Å².